The molecule has 7 heteroatoms. The van der Waals surface area contributed by atoms with Crippen LogP contribution in [0.3, 0.4) is 0 Å². The zero-order valence-corrected chi connectivity index (χ0v) is 8.03. The molecule has 0 aromatic carbocycles. The van der Waals surface area contributed by atoms with Gasteiger partial charge < -0.3 is 14.8 Å². The minimum absolute atomic E-state index is 0.0111. The molecule has 0 saturated heterocycles. The van der Waals surface area contributed by atoms with E-state index >= 15 is 0 Å². The molecular weight excluding hydrogens is 197 g/mol. The third-order valence-electron chi connectivity index (χ3n) is 1.24. The van der Waals surface area contributed by atoms with Gasteiger partial charge in [-0.1, -0.05) is 0 Å². The fourth-order valence-corrected chi connectivity index (χ4v) is 1.55. The van der Waals surface area contributed by atoms with Gasteiger partial charge in [-0.3, -0.25) is 9.36 Å². The first-order chi connectivity index (χ1) is 5.85. The highest BCUT2D eigenvalue weighted by Gasteiger charge is 2.17. The van der Waals surface area contributed by atoms with Crippen molar-refractivity contribution in [3.05, 3.63) is 0 Å². The van der Waals surface area contributed by atoms with E-state index in [4.69, 9.17) is 10.00 Å². The van der Waals surface area contributed by atoms with Crippen LogP contribution in [0.2, 0.25) is 0 Å². The van der Waals surface area contributed by atoms with Crippen molar-refractivity contribution in [3.63, 3.8) is 0 Å². The van der Waals surface area contributed by atoms with Crippen LogP contribution in [0.25, 0.3) is 0 Å². The summed E-state index contributed by atoms with van der Waals surface area (Å²) < 4.78 is 10.8. The Balaban J connectivity index is 3.97. The number of hydrogen-bond acceptors (Lipinski definition) is 3. The Bertz CT molecular complexity index is 235. The van der Waals surface area contributed by atoms with Crippen LogP contribution in [0, 0.1) is 0 Å². The maximum absolute atomic E-state index is 10.8. The highest BCUT2D eigenvalue weighted by molar-refractivity contribution is 7.55. The quantitative estimate of drug-likeness (QED) is 0.414. The Kier molecular flexibility index (Phi) is 4.83. The summed E-state index contributed by atoms with van der Waals surface area (Å²) in [4.78, 5) is 29.2. The molecule has 0 heterocycles. The van der Waals surface area contributed by atoms with Crippen LogP contribution < -0.4 is 5.09 Å². The molecule has 0 bridgehead atoms. The fraction of sp³-hybridized carbons (Fsp3) is 0.667. The Morgan fingerprint density at radius 1 is 1.69 bits per heavy atom. The lowest BCUT2D eigenvalue weighted by Crippen LogP contribution is -2.28. The van der Waals surface area contributed by atoms with Crippen molar-refractivity contribution in [2.24, 2.45) is 0 Å². The van der Waals surface area contributed by atoms with E-state index in [0.717, 1.165) is 6.66 Å². The smallest absolute Gasteiger partial charge is 0.303 e. The summed E-state index contributed by atoms with van der Waals surface area (Å²) >= 11 is 0. The summed E-state index contributed by atoms with van der Waals surface area (Å²) in [6.45, 7) is 1.05. The van der Waals surface area contributed by atoms with Gasteiger partial charge in [0.25, 0.3) is 7.52 Å². The zero-order valence-electron chi connectivity index (χ0n) is 7.14. The Hall–Kier alpha value is -0.710. The molecule has 3 N–H and O–H groups in total. The SMILES string of the molecule is CP(=O)(O)N[C@H](C=O)CCC(=O)O. The van der Waals surface area contributed by atoms with Crippen molar-refractivity contribution in [1.82, 2.24) is 5.09 Å². The van der Waals surface area contributed by atoms with Crippen LogP contribution in [0.1, 0.15) is 12.8 Å². The van der Waals surface area contributed by atoms with Crippen LogP contribution in [-0.2, 0) is 14.2 Å². The van der Waals surface area contributed by atoms with E-state index in [0.29, 0.717) is 6.29 Å². The topological polar surface area (TPSA) is 104 Å². The van der Waals surface area contributed by atoms with E-state index in [1.54, 1.807) is 0 Å². The molecule has 13 heavy (non-hydrogen) atoms. The minimum Gasteiger partial charge on any atom is -0.481 e. The largest absolute Gasteiger partial charge is 0.481 e. The van der Waals surface area contributed by atoms with Crippen LogP contribution in [0.15, 0.2) is 0 Å². The number of carbonyl (C=O) groups is 2. The minimum atomic E-state index is -3.47. The van der Waals surface area contributed by atoms with E-state index in [-0.39, 0.29) is 12.8 Å². The van der Waals surface area contributed by atoms with Gasteiger partial charge in [0.2, 0.25) is 0 Å². The summed E-state index contributed by atoms with van der Waals surface area (Å²) in [5.41, 5.74) is 0. The molecule has 0 aromatic heterocycles. The summed E-state index contributed by atoms with van der Waals surface area (Å²) in [5, 5.41) is 10.4. The number of carboxylic acids is 1. The lowest BCUT2D eigenvalue weighted by molar-refractivity contribution is -0.137. The third kappa shape index (κ3) is 7.64. The normalized spacial score (nSPS) is 17.4. The molecule has 0 aliphatic rings. The van der Waals surface area contributed by atoms with Gasteiger partial charge in [-0.05, 0) is 6.42 Å². The number of carbonyl (C=O) groups excluding carboxylic acids is 1. The Morgan fingerprint density at radius 3 is 2.54 bits per heavy atom. The Morgan fingerprint density at radius 2 is 2.23 bits per heavy atom. The Labute approximate surface area is 75.5 Å². The van der Waals surface area contributed by atoms with Crippen molar-refractivity contribution in [2.75, 3.05) is 6.66 Å². The van der Waals surface area contributed by atoms with Gasteiger partial charge in [0.15, 0.2) is 0 Å². The van der Waals surface area contributed by atoms with Gasteiger partial charge in [-0.25, -0.2) is 5.09 Å². The van der Waals surface area contributed by atoms with Crippen molar-refractivity contribution in [2.45, 2.75) is 18.9 Å². The van der Waals surface area contributed by atoms with E-state index in [1.807, 2.05) is 0 Å². The van der Waals surface area contributed by atoms with Gasteiger partial charge in [0.05, 0.1) is 6.04 Å². The molecule has 76 valence electrons. The highest BCUT2D eigenvalue weighted by atomic mass is 31.2. The van der Waals surface area contributed by atoms with Crippen LogP contribution >= 0.6 is 7.52 Å². The third-order valence-corrected chi connectivity index (χ3v) is 2.05. The molecule has 0 fully saturated rings. The number of carboxylic acid groups (broad SMARTS) is 1. The first-order valence-electron chi connectivity index (χ1n) is 3.60. The molecule has 2 atom stereocenters. The predicted molar refractivity (Wildman–Crippen MR) is 45.6 cm³/mol. The van der Waals surface area contributed by atoms with Gasteiger partial charge in [0, 0.05) is 13.1 Å². The summed E-state index contributed by atoms with van der Waals surface area (Å²) in [5.74, 6) is -1.04. The molecule has 0 saturated carbocycles. The first-order valence-corrected chi connectivity index (χ1v) is 5.71. The summed E-state index contributed by atoms with van der Waals surface area (Å²) in [6, 6.07) is -0.878. The van der Waals surface area contributed by atoms with Crippen molar-refractivity contribution in [3.8, 4) is 0 Å². The number of aliphatic carboxylic acids is 1. The van der Waals surface area contributed by atoms with Crippen LogP contribution in [0.5, 0.6) is 0 Å². The lowest BCUT2D eigenvalue weighted by atomic mass is 10.2. The van der Waals surface area contributed by atoms with Gasteiger partial charge in [-0.15, -0.1) is 0 Å². The van der Waals surface area contributed by atoms with Gasteiger partial charge >= 0.3 is 5.97 Å². The van der Waals surface area contributed by atoms with E-state index < -0.39 is 19.5 Å². The highest BCUT2D eigenvalue weighted by Crippen LogP contribution is 2.30. The number of nitrogens with one attached hydrogen (secondary N) is 1. The van der Waals surface area contributed by atoms with Crippen LogP contribution in [-0.4, -0.2) is 35.0 Å². The summed E-state index contributed by atoms with van der Waals surface area (Å²) in [7, 11) is -3.47. The van der Waals surface area contributed by atoms with Gasteiger partial charge in [-0.2, -0.15) is 0 Å². The molecule has 6 nitrogen and oxygen atoms in total. The second kappa shape index (κ2) is 5.11. The van der Waals surface area contributed by atoms with Gasteiger partial charge in [0.1, 0.15) is 6.29 Å². The van der Waals surface area contributed by atoms with E-state index in [1.165, 1.54) is 0 Å². The first kappa shape index (κ1) is 12.3. The lowest BCUT2D eigenvalue weighted by Gasteiger charge is -2.13. The number of aldehydes is 1. The molecule has 0 amide bonds. The molecule has 0 aliphatic heterocycles. The molecule has 0 spiro atoms. The number of hydrogen-bond donors (Lipinski definition) is 3. The van der Waals surface area contributed by atoms with E-state index in [9.17, 15) is 14.2 Å². The standard InChI is InChI=1S/C6H12NO5P/c1-13(11,12)7-5(4-8)2-3-6(9)10/h4-5H,2-3H2,1H3,(H,9,10)(H2,7,11,12)/t5-/m0/s1. The average Bonchev–Trinajstić information content (AvgIpc) is 1.95. The maximum atomic E-state index is 10.8. The molecule has 0 aromatic rings. The molecule has 0 radical (unpaired) electrons. The maximum Gasteiger partial charge on any atom is 0.303 e. The summed E-state index contributed by atoms with van der Waals surface area (Å²) in [6.07, 6.45) is 0.225. The van der Waals surface area contributed by atoms with Crippen molar-refractivity contribution < 1.29 is 24.2 Å². The zero-order chi connectivity index (χ0) is 10.5. The van der Waals surface area contributed by atoms with Crippen molar-refractivity contribution in [1.29, 1.82) is 0 Å². The molecule has 0 aliphatic carbocycles. The monoisotopic (exact) mass is 209 g/mol. The second-order valence-electron chi connectivity index (χ2n) is 2.68. The van der Waals surface area contributed by atoms with Crippen molar-refractivity contribution >= 4 is 19.8 Å². The number of rotatable bonds is 6. The average molecular weight is 209 g/mol. The fourth-order valence-electron chi connectivity index (χ4n) is 0.750. The molecule has 1 unspecified atom stereocenters. The predicted octanol–water partition coefficient (Wildman–Crippen LogP) is -0.177. The molecule has 0 rings (SSSR count). The second-order valence-corrected chi connectivity index (χ2v) is 4.70. The van der Waals surface area contributed by atoms with E-state index in [2.05, 4.69) is 5.09 Å². The molecular formula is C6H12NO5P. The van der Waals surface area contributed by atoms with Crippen LogP contribution in [0.4, 0.5) is 0 Å².